The first-order valence-electron chi connectivity index (χ1n) is 2.63. The van der Waals surface area contributed by atoms with Gasteiger partial charge in [-0.1, -0.05) is 0 Å². The second-order valence-corrected chi connectivity index (χ2v) is 4.29. The van der Waals surface area contributed by atoms with Crippen LogP contribution < -0.4 is 5.14 Å². The number of aryl methyl sites for hydroxylation is 1. The molecule has 1 rings (SSSR count). The third-order valence-electron chi connectivity index (χ3n) is 1.10. The second kappa shape index (κ2) is 2.58. The van der Waals surface area contributed by atoms with Crippen LogP contribution in [0.2, 0.25) is 0 Å². The summed E-state index contributed by atoms with van der Waals surface area (Å²) >= 11 is 3.02. The predicted octanol–water partition coefficient (Wildman–Crippen LogP) is -0.170. The van der Waals surface area contributed by atoms with Crippen molar-refractivity contribution in [2.24, 2.45) is 12.2 Å². The zero-order chi connectivity index (χ0) is 8.65. The largest absolute Gasteiger partial charge is 0.255 e. The van der Waals surface area contributed by atoms with Crippen molar-refractivity contribution in [3.8, 4) is 0 Å². The Hall–Kier alpha value is -0.400. The van der Waals surface area contributed by atoms with Crippen molar-refractivity contribution in [2.75, 3.05) is 0 Å². The average molecular weight is 240 g/mol. The Balaban J connectivity index is 3.36. The number of primary sulfonamides is 1. The summed E-state index contributed by atoms with van der Waals surface area (Å²) in [6.45, 7) is 0. The van der Waals surface area contributed by atoms with Gasteiger partial charge in [0.15, 0.2) is 5.03 Å². The number of hydrogen-bond donors (Lipinski definition) is 1. The molecule has 2 N–H and O–H groups in total. The Morgan fingerprint density at radius 1 is 1.73 bits per heavy atom. The molecule has 0 unspecified atom stereocenters. The van der Waals surface area contributed by atoms with Crippen LogP contribution in [0, 0.1) is 0 Å². The maximum Gasteiger partial charge on any atom is 0.255 e. The lowest BCUT2D eigenvalue weighted by molar-refractivity contribution is 0.578. The first-order valence-corrected chi connectivity index (χ1v) is 4.97. The summed E-state index contributed by atoms with van der Waals surface area (Å²) in [5, 5.41) is 8.60. The highest BCUT2D eigenvalue weighted by Crippen LogP contribution is 2.12. The molecule has 0 amide bonds. The number of hydrogen-bond acceptors (Lipinski definition) is 3. The van der Waals surface area contributed by atoms with Crippen molar-refractivity contribution in [2.45, 2.75) is 5.03 Å². The van der Waals surface area contributed by atoms with E-state index >= 15 is 0 Å². The SMILES string of the molecule is Cn1nc(Br)cc1S(N)(=O)=O. The van der Waals surface area contributed by atoms with E-state index in [1.165, 1.54) is 17.8 Å². The van der Waals surface area contributed by atoms with Gasteiger partial charge in [0.05, 0.1) is 0 Å². The van der Waals surface area contributed by atoms with Crippen LogP contribution in [0.3, 0.4) is 0 Å². The lowest BCUT2D eigenvalue weighted by atomic mass is 10.7. The fraction of sp³-hybridized carbons (Fsp3) is 0.250. The third kappa shape index (κ3) is 1.79. The lowest BCUT2D eigenvalue weighted by Gasteiger charge is -1.95. The van der Waals surface area contributed by atoms with Gasteiger partial charge in [-0.15, -0.1) is 0 Å². The maximum absolute atomic E-state index is 10.8. The quantitative estimate of drug-likeness (QED) is 0.740. The van der Waals surface area contributed by atoms with Crippen LogP contribution in [0.5, 0.6) is 0 Å². The van der Waals surface area contributed by atoms with Gasteiger partial charge in [-0.05, 0) is 15.9 Å². The molecule has 0 aliphatic rings. The minimum absolute atomic E-state index is 0.00984. The molecule has 0 aliphatic heterocycles. The van der Waals surface area contributed by atoms with Crippen molar-refractivity contribution in [1.82, 2.24) is 9.78 Å². The topological polar surface area (TPSA) is 78.0 Å². The second-order valence-electron chi connectivity index (χ2n) is 1.97. The van der Waals surface area contributed by atoms with E-state index in [0.717, 1.165) is 0 Å². The van der Waals surface area contributed by atoms with E-state index in [9.17, 15) is 8.42 Å². The van der Waals surface area contributed by atoms with Gasteiger partial charge in [0, 0.05) is 13.1 Å². The molecule has 0 saturated carbocycles. The summed E-state index contributed by atoms with van der Waals surface area (Å²) in [6.07, 6.45) is 0. The predicted molar refractivity (Wildman–Crippen MR) is 42.3 cm³/mol. The highest BCUT2D eigenvalue weighted by Gasteiger charge is 2.13. The molecular weight excluding hydrogens is 234 g/mol. The first kappa shape index (κ1) is 8.69. The Kier molecular flexibility index (Phi) is 2.04. The van der Waals surface area contributed by atoms with E-state index in [0.29, 0.717) is 4.60 Å². The summed E-state index contributed by atoms with van der Waals surface area (Å²) in [7, 11) is -2.14. The van der Waals surface area contributed by atoms with Gasteiger partial charge in [-0.25, -0.2) is 13.6 Å². The Morgan fingerprint density at radius 3 is 2.45 bits per heavy atom. The molecule has 11 heavy (non-hydrogen) atoms. The van der Waals surface area contributed by atoms with Gasteiger partial charge in [-0.3, -0.25) is 4.68 Å². The number of halogens is 1. The summed E-state index contributed by atoms with van der Waals surface area (Å²) in [5.74, 6) is 0. The van der Waals surface area contributed by atoms with Gasteiger partial charge in [0.1, 0.15) is 4.60 Å². The molecule has 0 radical (unpaired) electrons. The normalized spacial score (nSPS) is 11.9. The average Bonchev–Trinajstić information content (AvgIpc) is 2.08. The van der Waals surface area contributed by atoms with Gasteiger partial charge >= 0.3 is 0 Å². The van der Waals surface area contributed by atoms with Crippen molar-refractivity contribution in [3.05, 3.63) is 10.7 Å². The van der Waals surface area contributed by atoms with E-state index < -0.39 is 10.0 Å². The zero-order valence-corrected chi connectivity index (χ0v) is 8.05. The van der Waals surface area contributed by atoms with Crippen LogP contribution >= 0.6 is 15.9 Å². The smallest absolute Gasteiger partial charge is 0.255 e. The molecule has 7 heteroatoms. The maximum atomic E-state index is 10.8. The van der Waals surface area contributed by atoms with Gasteiger partial charge in [0.25, 0.3) is 10.0 Å². The van der Waals surface area contributed by atoms with Gasteiger partial charge in [-0.2, -0.15) is 5.10 Å². The Morgan fingerprint density at radius 2 is 2.27 bits per heavy atom. The molecule has 5 nitrogen and oxygen atoms in total. The molecule has 0 bridgehead atoms. The van der Waals surface area contributed by atoms with E-state index in [2.05, 4.69) is 21.0 Å². The molecule has 0 fully saturated rings. The molecule has 1 aromatic heterocycles. The minimum Gasteiger partial charge on any atom is -0.255 e. The standard InChI is InChI=1S/C4H6BrN3O2S/c1-8-4(11(6,9)10)2-3(5)7-8/h2H,1H3,(H2,6,9,10). The third-order valence-corrected chi connectivity index (χ3v) is 2.45. The van der Waals surface area contributed by atoms with E-state index in [4.69, 9.17) is 5.14 Å². The molecule has 0 aromatic carbocycles. The van der Waals surface area contributed by atoms with Crippen molar-refractivity contribution in [1.29, 1.82) is 0 Å². The van der Waals surface area contributed by atoms with Crippen LogP contribution in [0.15, 0.2) is 15.7 Å². The van der Waals surface area contributed by atoms with Crippen LogP contribution in [-0.4, -0.2) is 18.2 Å². The number of nitrogens with two attached hydrogens (primary N) is 1. The van der Waals surface area contributed by atoms with Crippen molar-refractivity contribution < 1.29 is 8.42 Å². The van der Waals surface area contributed by atoms with Crippen molar-refractivity contribution in [3.63, 3.8) is 0 Å². The van der Waals surface area contributed by atoms with Crippen molar-refractivity contribution >= 4 is 26.0 Å². The summed E-state index contributed by atoms with van der Waals surface area (Å²) in [4.78, 5) is 0. The summed E-state index contributed by atoms with van der Waals surface area (Å²) in [5.41, 5.74) is 0. The molecule has 0 saturated heterocycles. The molecule has 62 valence electrons. The van der Waals surface area contributed by atoms with E-state index in [-0.39, 0.29) is 5.03 Å². The van der Waals surface area contributed by atoms with Gasteiger partial charge < -0.3 is 0 Å². The Bertz CT molecular complexity index is 369. The van der Waals surface area contributed by atoms with Crippen LogP contribution in [0.4, 0.5) is 0 Å². The highest BCUT2D eigenvalue weighted by atomic mass is 79.9. The number of rotatable bonds is 1. The number of sulfonamides is 1. The molecule has 1 aromatic rings. The van der Waals surface area contributed by atoms with E-state index in [1.807, 2.05) is 0 Å². The first-order chi connectivity index (χ1) is 4.91. The summed E-state index contributed by atoms with van der Waals surface area (Å²) in [6, 6.07) is 1.34. The molecular formula is C4H6BrN3O2S. The monoisotopic (exact) mass is 239 g/mol. The fourth-order valence-corrected chi connectivity index (χ4v) is 1.97. The lowest BCUT2D eigenvalue weighted by Crippen LogP contribution is -2.16. The number of aromatic nitrogens is 2. The van der Waals surface area contributed by atoms with Crippen LogP contribution in [-0.2, 0) is 17.1 Å². The summed E-state index contributed by atoms with van der Waals surface area (Å²) < 4.78 is 23.2. The zero-order valence-electron chi connectivity index (χ0n) is 5.65. The highest BCUT2D eigenvalue weighted by molar-refractivity contribution is 9.10. The van der Waals surface area contributed by atoms with Gasteiger partial charge in [0.2, 0.25) is 0 Å². The number of nitrogens with zero attached hydrogens (tertiary/aromatic N) is 2. The Labute approximate surface area is 72.4 Å². The molecule has 1 heterocycles. The van der Waals surface area contributed by atoms with E-state index in [1.54, 1.807) is 0 Å². The fourth-order valence-electron chi connectivity index (χ4n) is 0.683. The minimum atomic E-state index is -3.64. The van der Waals surface area contributed by atoms with Crippen LogP contribution in [0.25, 0.3) is 0 Å². The molecule has 0 aliphatic carbocycles. The van der Waals surface area contributed by atoms with Crippen LogP contribution in [0.1, 0.15) is 0 Å². The molecule has 0 atom stereocenters. The molecule has 0 spiro atoms.